The number of ether oxygens (including phenoxy) is 1. The Morgan fingerprint density at radius 3 is 2.48 bits per heavy atom. The molecule has 0 unspecified atom stereocenters. The number of hydrogen-bond acceptors (Lipinski definition) is 2. The fourth-order valence-electron chi connectivity index (χ4n) is 2.47. The average molecular weight is 326 g/mol. The Morgan fingerprint density at radius 2 is 1.78 bits per heavy atom. The van der Waals surface area contributed by atoms with Crippen molar-refractivity contribution in [2.24, 2.45) is 0 Å². The number of rotatable bonds is 4. The summed E-state index contributed by atoms with van der Waals surface area (Å²) >= 11 is 6.07. The summed E-state index contributed by atoms with van der Waals surface area (Å²) < 4.78 is 5.18. The van der Waals surface area contributed by atoms with Crippen molar-refractivity contribution in [1.29, 1.82) is 0 Å². The first-order valence-corrected chi connectivity index (χ1v) is 7.78. The summed E-state index contributed by atoms with van der Waals surface area (Å²) in [5.74, 6) is -0.337. The van der Waals surface area contributed by atoms with Crippen molar-refractivity contribution in [3.63, 3.8) is 0 Å². The number of nitrogens with one attached hydrogen (secondary N) is 1. The highest BCUT2D eigenvalue weighted by Crippen LogP contribution is 2.30. The van der Waals surface area contributed by atoms with E-state index in [-0.39, 0.29) is 5.97 Å². The molecule has 0 bridgehead atoms. The normalized spacial score (nSPS) is 10.5. The first-order valence-electron chi connectivity index (χ1n) is 7.40. The van der Waals surface area contributed by atoms with Crippen LogP contribution in [0.25, 0.3) is 22.5 Å². The quantitative estimate of drug-likeness (QED) is 0.672. The lowest BCUT2D eigenvalue weighted by Gasteiger charge is -2.03. The maximum Gasteiger partial charge on any atom is 0.340 e. The maximum absolute atomic E-state index is 12.3. The summed E-state index contributed by atoms with van der Waals surface area (Å²) in [4.78, 5) is 15.6. The lowest BCUT2D eigenvalue weighted by atomic mass is 10.1. The van der Waals surface area contributed by atoms with Gasteiger partial charge in [0.05, 0.1) is 17.9 Å². The number of H-pyrrole nitrogens is 1. The van der Waals surface area contributed by atoms with Gasteiger partial charge in [0.2, 0.25) is 0 Å². The third-order valence-electron chi connectivity index (χ3n) is 3.51. The van der Waals surface area contributed by atoms with Crippen LogP contribution in [0.1, 0.15) is 17.3 Å². The van der Waals surface area contributed by atoms with Gasteiger partial charge in [-0.15, -0.1) is 0 Å². The van der Waals surface area contributed by atoms with Crippen molar-refractivity contribution in [3.8, 4) is 22.5 Å². The molecule has 0 saturated heterocycles. The van der Waals surface area contributed by atoms with E-state index in [0.717, 1.165) is 22.5 Å². The molecule has 1 N–H and O–H groups in total. The highest BCUT2D eigenvalue weighted by Gasteiger charge is 2.18. The minimum atomic E-state index is -0.337. The Morgan fingerprint density at radius 1 is 1.04 bits per heavy atom. The number of carbonyl (C=O) groups is 1. The van der Waals surface area contributed by atoms with E-state index in [2.05, 4.69) is 4.98 Å². The van der Waals surface area contributed by atoms with Crippen LogP contribution in [-0.2, 0) is 4.74 Å². The average Bonchev–Trinajstić information content (AvgIpc) is 3.01. The second-order valence-electron chi connectivity index (χ2n) is 5.07. The first kappa shape index (κ1) is 15.4. The van der Waals surface area contributed by atoms with Crippen LogP contribution in [0.5, 0.6) is 0 Å². The SMILES string of the molecule is CCOC(=O)c1cc(-c2cccc(Cl)c2)[nH]c1-c1ccccc1. The van der Waals surface area contributed by atoms with Gasteiger partial charge in [-0.1, -0.05) is 54.1 Å². The Kier molecular flexibility index (Phi) is 4.49. The lowest BCUT2D eigenvalue weighted by Crippen LogP contribution is -2.04. The van der Waals surface area contributed by atoms with Crippen molar-refractivity contribution in [2.45, 2.75) is 6.92 Å². The molecule has 4 heteroatoms. The van der Waals surface area contributed by atoms with Crippen LogP contribution in [0.3, 0.4) is 0 Å². The predicted octanol–water partition coefficient (Wildman–Crippen LogP) is 5.18. The van der Waals surface area contributed by atoms with Gasteiger partial charge in [0.1, 0.15) is 0 Å². The molecule has 2 aromatic carbocycles. The molecule has 0 aliphatic carbocycles. The van der Waals surface area contributed by atoms with Gasteiger partial charge in [0.25, 0.3) is 0 Å². The van der Waals surface area contributed by atoms with E-state index in [1.54, 1.807) is 6.92 Å². The largest absolute Gasteiger partial charge is 0.462 e. The van der Waals surface area contributed by atoms with Crippen LogP contribution < -0.4 is 0 Å². The van der Waals surface area contributed by atoms with E-state index in [9.17, 15) is 4.79 Å². The number of benzene rings is 2. The Hall–Kier alpha value is -2.52. The number of carbonyl (C=O) groups excluding carboxylic acids is 1. The molecule has 3 rings (SSSR count). The summed E-state index contributed by atoms with van der Waals surface area (Å²) in [5, 5.41) is 0.649. The van der Waals surface area contributed by atoms with Gasteiger partial charge in [-0.25, -0.2) is 4.79 Å². The molecule has 23 heavy (non-hydrogen) atoms. The summed E-state index contributed by atoms with van der Waals surface area (Å²) in [6.45, 7) is 2.13. The van der Waals surface area contributed by atoms with Crippen LogP contribution in [0.4, 0.5) is 0 Å². The number of aromatic amines is 1. The minimum absolute atomic E-state index is 0.337. The number of aromatic nitrogens is 1. The highest BCUT2D eigenvalue weighted by atomic mass is 35.5. The topological polar surface area (TPSA) is 42.1 Å². The molecular weight excluding hydrogens is 310 g/mol. The van der Waals surface area contributed by atoms with Gasteiger partial charge >= 0.3 is 5.97 Å². The minimum Gasteiger partial charge on any atom is -0.462 e. The molecule has 0 spiro atoms. The zero-order valence-electron chi connectivity index (χ0n) is 12.7. The lowest BCUT2D eigenvalue weighted by molar-refractivity contribution is 0.0527. The van der Waals surface area contributed by atoms with Gasteiger partial charge in [-0.3, -0.25) is 0 Å². The van der Waals surface area contributed by atoms with Gasteiger partial charge in [0, 0.05) is 10.7 Å². The van der Waals surface area contributed by atoms with E-state index in [1.807, 2.05) is 60.7 Å². The third kappa shape index (κ3) is 3.30. The van der Waals surface area contributed by atoms with E-state index in [4.69, 9.17) is 16.3 Å². The fraction of sp³-hybridized carbons (Fsp3) is 0.105. The standard InChI is InChI=1S/C19H16ClNO2/c1-2-23-19(22)16-12-17(14-9-6-10-15(20)11-14)21-18(16)13-7-4-3-5-8-13/h3-12,21H,2H2,1H3. The molecule has 1 aromatic heterocycles. The molecule has 1 heterocycles. The molecule has 3 aromatic rings. The van der Waals surface area contributed by atoms with Gasteiger partial charge in [0.15, 0.2) is 0 Å². The summed E-state index contributed by atoms with van der Waals surface area (Å²) in [6.07, 6.45) is 0. The zero-order chi connectivity index (χ0) is 16.2. The molecule has 116 valence electrons. The van der Waals surface area contributed by atoms with E-state index >= 15 is 0 Å². The summed E-state index contributed by atoms with van der Waals surface area (Å²) in [6, 6.07) is 19.0. The smallest absolute Gasteiger partial charge is 0.340 e. The molecule has 0 aliphatic rings. The molecule has 0 atom stereocenters. The van der Waals surface area contributed by atoms with E-state index in [0.29, 0.717) is 17.2 Å². The summed E-state index contributed by atoms with van der Waals surface area (Å²) in [7, 11) is 0. The van der Waals surface area contributed by atoms with Crippen molar-refractivity contribution in [1.82, 2.24) is 4.98 Å². The predicted molar refractivity (Wildman–Crippen MR) is 92.6 cm³/mol. The fourth-order valence-corrected chi connectivity index (χ4v) is 2.66. The van der Waals surface area contributed by atoms with Crippen molar-refractivity contribution in [3.05, 3.63) is 71.2 Å². The van der Waals surface area contributed by atoms with Crippen LogP contribution in [0.2, 0.25) is 5.02 Å². The second kappa shape index (κ2) is 6.71. The van der Waals surface area contributed by atoms with Crippen LogP contribution in [0, 0.1) is 0 Å². The van der Waals surface area contributed by atoms with Crippen molar-refractivity contribution >= 4 is 17.6 Å². The Balaban J connectivity index is 2.12. The second-order valence-corrected chi connectivity index (χ2v) is 5.50. The van der Waals surface area contributed by atoms with Crippen LogP contribution in [-0.4, -0.2) is 17.6 Å². The highest BCUT2D eigenvalue weighted by molar-refractivity contribution is 6.30. The summed E-state index contributed by atoms with van der Waals surface area (Å²) in [5.41, 5.74) is 3.95. The molecule has 0 fully saturated rings. The molecule has 0 aliphatic heterocycles. The van der Waals surface area contributed by atoms with Gasteiger partial charge in [-0.05, 0) is 36.2 Å². The Bertz CT molecular complexity index is 824. The molecular formula is C19H16ClNO2. The van der Waals surface area contributed by atoms with Gasteiger partial charge < -0.3 is 9.72 Å². The molecule has 3 nitrogen and oxygen atoms in total. The van der Waals surface area contributed by atoms with E-state index in [1.165, 1.54) is 0 Å². The molecule has 0 saturated carbocycles. The van der Waals surface area contributed by atoms with E-state index < -0.39 is 0 Å². The zero-order valence-corrected chi connectivity index (χ0v) is 13.4. The number of hydrogen-bond donors (Lipinski definition) is 1. The number of halogens is 1. The monoisotopic (exact) mass is 325 g/mol. The van der Waals surface area contributed by atoms with Crippen LogP contribution >= 0.6 is 11.6 Å². The first-order chi connectivity index (χ1) is 11.2. The maximum atomic E-state index is 12.3. The molecule has 0 radical (unpaired) electrons. The Labute approximate surface area is 139 Å². The van der Waals surface area contributed by atoms with Crippen molar-refractivity contribution in [2.75, 3.05) is 6.61 Å². The molecule has 0 amide bonds. The van der Waals surface area contributed by atoms with Gasteiger partial charge in [-0.2, -0.15) is 0 Å². The van der Waals surface area contributed by atoms with Crippen molar-refractivity contribution < 1.29 is 9.53 Å². The number of esters is 1. The van der Waals surface area contributed by atoms with Crippen LogP contribution in [0.15, 0.2) is 60.7 Å². The third-order valence-corrected chi connectivity index (χ3v) is 3.75.